The van der Waals surface area contributed by atoms with Crippen LogP contribution in [0.3, 0.4) is 0 Å². The molecule has 3 aromatic heterocycles. The summed E-state index contributed by atoms with van der Waals surface area (Å²) < 4.78 is 7.24. The van der Waals surface area contributed by atoms with Crippen LogP contribution in [0.4, 0.5) is 0 Å². The number of fused-ring (bicyclic) bond motifs is 9. The van der Waals surface area contributed by atoms with Gasteiger partial charge in [0.2, 0.25) is 0 Å². The summed E-state index contributed by atoms with van der Waals surface area (Å²) in [5.41, 5.74) is 6.72. The highest BCUT2D eigenvalue weighted by Crippen LogP contribution is 2.44. The molecule has 9 rings (SSSR count). The Morgan fingerprint density at radius 2 is 1.02 bits per heavy atom. The molecular weight excluding hydrogens is 563 g/mol. The van der Waals surface area contributed by atoms with E-state index in [1.54, 1.807) is 11.3 Å². The Morgan fingerprint density at radius 1 is 0.465 bits per heavy atom. The second-order valence-corrected chi connectivity index (χ2v) is 13.0. The van der Waals surface area contributed by atoms with Gasteiger partial charge in [-0.25, -0.2) is 0 Å². The van der Waals surface area contributed by atoms with E-state index in [1.165, 1.54) is 45.7 Å². The lowest BCUT2D eigenvalue weighted by Crippen LogP contribution is -1.98. The molecule has 0 fully saturated rings. The van der Waals surface area contributed by atoms with Gasteiger partial charge in [0.25, 0.3) is 0 Å². The number of nitrogens with zero attached hydrogens (tertiary/aromatic N) is 3. The molecule has 0 N–H and O–H groups in total. The molecule has 0 aliphatic rings. The summed E-state index contributed by atoms with van der Waals surface area (Å²) in [6.45, 7) is 0. The zero-order valence-electron chi connectivity index (χ0n) is 22.6. The van der Waals surface area contributed by atoms with Crippen molar-refractivity contribution in [2.45, 2.75) is 0 Å². The number of nitriles is 2. The summed E-state index contributed by atoms with van der Waals surface area (Å²) in [5.74, 6) is 0. The zero-order valence-corrected chi connectivity index (χ0v) is 24.3. The van der Waals surface area contributed by atoms with E-state index in [0.29, 0.717) is 11.1 Å². The first-order valence-electron chi connectivity index (χ1n) is 14.0. The van der Waals surface area contributed by atoms with Gasteiger partial charge in [0, 0.05) is 56.7 Å². The molecule has 6 aromatic carbocycles. The van der Waals surface area contributed by atoms with Crippen LogP contribution >= 0.6 is 22.7 Å². The van der Waals surface area contributed by atoms with Crippen molar-refractivity contribution < 1.29 is 0 Å². The molecule has 198 valence electrons. The fraction of sp³-hybridized carbons (Fsp3) is 0. The quantitative estimate of drug-likeness (QED) is 0.204. The number of hydrogen-bond donors (Lipinski definition) is 0. The monoisotopic (exact) mass is 581 g/mol. The van der Waals surface area contributed by atoms with E-state index in [4.69, 9.17) is 0 Å². The average molecular weight is 582 g/mol. The summed E-state index contributed by atoms with van der Waals surface area (Å²) >= 11 is 3.60. The van der Waals surface area contributed by atoms with Crippen molar-refractivity contribution in [3.63, 3.8) is 0 Å². The molecule has 5 heteroatoms. The van der Waals surface area contributed by atoms with Crippen molar-refractivity contribution in [3.05, 3.63) is 126 Å². The predicted molar refractivity (Wildman–Crippen MR) is 181 cm³/mol. The lowest BCUT2D eigenvalue weighted by atomic mass is 9.99. The lowest BCUT2D eigenvalue weighted by Gasteiger charge is -2.15. The Labute approximate surface area is 254 Å². The van der Waals surface area contributed by atoms with Gasteiger partial charge in [-0.3, -0.25) is 0 Å². The van der Waals surface area contributed by atoms with Crippen LogP contribution in [0.5, 0.6) is 0 Å². The highest BCUT2D eigenvalue weighted by atomic mass is 32.1. The molecule has 0 saturated heterocycles. The lowest BCUT2D eigenvalue weighted by molar-refractivity contribution is 1.18. The van der Waals surface area contributed by atoms with Crippen LogP contribution in [0.2, 0.25) is 0 Å². The third-order valence-electron chi connectivity index (χ3n) is 8.45. The minimum absolute atomic E-state index is 0.631. The van der Waals surface area contributed by atoms with Crippen LogP contribution in [0, 0.1) is 22.7 Å². The first-order chi connectivity index (χ1) is 21.2. The smallest absolute Gasteiger partial charge is 0.0992 e. The van der Waals surface area contributed by atoms with Crippen molar-refractivity contribution in [1.82, 2.24) is 4.57 Å². The molecule has 3 heterocycles. The molecule has 0 saturated carbocycles. The Bertz CT molecular complexity index is 2650. The number of benzene rings is 6. The molecule has 43 heavy (non-hydrogen) atoms. The maximum atomic E-state index is 9.88. The van der Waals surface area contributed by atoms with Crippen LogP contribution in [0.15, 0.2) is 115 Å². The van der Waals surface area contributed by atoms with Gasteiger partial charge in [0.15, 0.2) is 0 Å². The van der Waals surface area contributed by atoms with Crippen molar-refractivity contribution in [3.8, 4) is 29.0 Å². The van der Waals surface area contributed by atoms with Crippen molar-refractivity contribution in [2.75, 3.05) is 0 Å². The largest absolute Gasteiger partial charge is 0.309 e. The highest BCUT2D eigenvalue weighted by molar-refractivity contribution is 7.28. The maximum absolute atomic E-state index is 9.88. The summed E-state index contributed by atoms with van der Waals surface area (Å²) in [7, 11) is 0. The standard InChI is InChI=1S/C38H19N3S2/c39-20-22-10-13-35-28(15-22)30-18-31-29-17-24(11-14-36(29)43-38(31)19-37(30)42-35)25-12-9-23(21-40)16-34(25)41-32-7-3-1-5-26(32)27-6-2-4-8-33(27)41/h1-19H. The second kappa shape index (κ2) is 9.02. The molecule has 0 aliphatic heterocycles. The SMILES string of the molecule is N#Cc1ccc(-c2ccc3sc4cc5sc6ccc(C#N)cc6c5cc4c3c2)c(-n2c3ccccc3c3ccccc32)c1. The van der Waals surface area contributed by atoms with Crippen LogP contribution in [-0.4, -0.2) is 4.57 Å². The first-order valence-corrected chi connectivity index (χ1v) is 15.6. The molecule has 0 unspecified atom stereocenters. The van der Waals surface area contributed by atoms with E-state index in [0.717, 1.165) is 33.2 Å². The van der Waals surface area contributed by atoms with Gasteiger partial charge in [0.1, 0.15) is 0 Å². The zero-order chi connectivity index (χ0) is 28.7. The van der Waals surface area contributed by atoms with Gasteiger partial charge >= 0.3 is 0 Å². The minimum atomic E-state index is 0.631. The van der Waals surface area contributed by atoms with Gasteiger partial charge in [-0.05, 0) is 72.3 Å². The maximum Gasteiger partial charge on any atom is 0.0992 e. The van der Waals surface area contributed by atoms with E-state index in [-0.39, 0.29) is 0 Å². The first kappa shape index (κ1) is 24.2. The summed E-state index contributed by atoms with van der Waals surface area (Å²) in [5, 5.41) is 26.5. The number of thiophene rings is 2. The molecular formula is C38H19N3S2. The summed E-state index contributed by atoms with van der Waals surface area (Å²) in [6, 6.07) is 44.9. The average Bonchev–Trinajstić information content (AvgIpc) is 3.71. The van der Waals surface area contributed by atoms with Gasteiger partial charge < -0.3 is 4.57 Å². The van der Waals surface area contributed by atoms with Crippen molar-refractivity contribution in [2.24, 2.45) is 0 Å². The molecule has 0 spiro atoms. The topological polar surface area (TPSA) is 52.5 Å². The summed E-state index contributed by atoms with van der Waals surface area (Å²) in [4.78, 5) is 0. The number of rotatable bonds is 2. The third kappa shape index (κ3) is 3.50. The van der Waals surface area contributed by atoms with E-state index in [9.17, 15) is 10.5 Å². The molecule has 9 aromatic rings. The van der Waals surface area contributed by atoms with Gasteiger partial charge in [0.05, 0.1) is 40.0 Å². The third-order valence-corrected chi connectivity index (χ3v) is 10.7. The fourth-order valence-corrected chi connectivity index (χ4v) is 8.79. The van der Waals surface area contributed by atoms with Gasteiger partial charge in [-0.1, -0.05) is 48.5 Å². The summed E-state index contributed by atoms with van der Waals surface area (Å²) in [6.07, 6.45) is 0. The molecule has 3 nitrogen and oxygen atoms in total. The Balaban J connectivity index is 1.32. The fourth-order valence-electron chi connectivity index (χ4n) is 6.50. The van der Waals surface area contributed by atoms with Crippen molar-refractivity contribution in [1.29, 1.82) is 10.5 Å². The molecule has 0 bridgehead atoms. The normalized spacial score (nSPS) is 11.7. The van der Waals surface area contributed by atoms with E-state index >= 15 is 0 Å². The Morgan fingerprint density at radius 3 is 1.70 bits per heavy atom. The van der Waals surface area contributed by atoms with E-state index < -0.39 is 0 Å². The molecule has 0 atom stereocenters. The predicted octanol–water partition coefficient (Wildman–Crippen LogP) is 10.9. The number of aromatic nitrogens is 1. The molecule has 0 radical (unpaired) electrons. The second-order valence-electron chi connectivity index (χ2n) is 10.8. The van der Waals surface area contributed by atoms with Gasteiger partial charge in [-0.15, -0.1) is 22.7 Å². The highest BCUT2D eigenvalue weighted by Gasteiger charge is 2.18. The van der Waals surface area contributed by atoms with Crippen LogP contribution in [-0.2, 0) is 0 Å². The minimum Gasteiger partial charge on any atom is -0.309 e. The molecule has 0 aliphatic carbocycles. The van der Waals surface area contributed by atoms with E-state index in [1.807, 2.05) is 35.6 Å². The van der Waals surface area contributed by atoms with Gasteiger partial charge in [-0.2, -0.15) is 10.5 Å². The van der Waals surface area contributed by atoms with Crippen LogP contribution in [0.1, 0.15) is 11.1 Å². The number of hydrogen-bond acceptors (Lipinski definition) is 4. The van der Waals surface area contributed by atoms with Crippen LogP contribution in [0.25, 0.3) is 79.0 Å². The number of para-hydroxylation sites is 2. The Hall–Kier alpha value is -5.46. The molecule has 0 amide bonds. The van der Waals surface area contributed by atoms with Crippen LogP contribution < -0.4 is 0 Å². The van der Waals surface area contributed by atoms with E-state index in [2.05, 4.69) is 108 Å². The van der Waals surface area contributed by atoms with Crippen molar-refractivity contribution >= 4 is 84.8 Å². The Kier molecular flexibility index (Phi) is 5.07.